The van der Waals surface area contributed by atoms with Gasteiger partial charge in [-0.3, -0.25) is 4.79 Å². The molecule has 0 spiro atoms. The molecule has 1 aliphatic rings. The molecule has 2 heterocycles. The van der Waals surface area contributed by atoms with E-state index in [0.29, 0.717) is 18.5 Å². The number of rotatable bonds is 6. The zero-order valence-corrected chi connectivity index (χ0v) is 21.3. The van der Waals surface area contributed by atoms with Crippen molar-refractivity contribution in [2.45, 2.75) is 49.6 Å². The maximum atomic E-state index is 13.6. The van der Waals surface area contributed by atoms with E-state index in [1.54, 1.807) is 6.92 Å². The Kier molecular flexibility index (Phi) is 6.83. The van der Waals surface area contributed by atoms with Crippen LogP contribution < -0.4 is 10.1 Å². The lowest BCUT2D eigenvalue weighted by molar-refractivity contribution is -0.142. The zero-order valence-electron chi connectivity index (χ0n) is 20.5. The van der Waals surface area contributed by atoms with Crippen LogP contribution in [0.4, 0.5) is 18.9 Å². The summed E-state index contributed by atoms with van der Waals surface area (Å²) in [6.07, 6.45) is -0.172. The number of alkyl halides is 3. The first-order chi connectivity index (χ1) is 17.7. The monoisotopic (exact) mass is 545 g/mol. The molecular formula is C24H22F3N7O3S. The van der Waals surface area contributed by atoms with E-state index < -0.39 is 49.9 Å². The quantitative estimate of drug-likeness (QED) is 0.442. The second-order valence-electron chi connectivity index (χ2n) is 8.97. The Morgan fingerprint density at radius 1 is 1.24 bits per heavy atom. The summed E-state index contributed by atoms with van der Waals surface area (Å²) in [5.41, 5.74) is -2.37. The highest BCUT2D eigenvalue weighted by Crippen LogP contribution is 2.42. The van der Waals surface area contributed by atoms with E-state index in [1.807, 2.05) is 0 Å². The van der Waals surface area contributed by atoms with Gasteiger partial charge in [0, 0.05) is 16.8 Å². The summed E-state index contributed by atoms with van der Waals surface area (Å²) >= 11 is 0. The Balaban J connectivity index is 1.73. The van der Waals surface area contributed by atoms with Crippen LogP contribution in [0.15, 0.2) is 35.4 Å². The van der Waals surface area contributed by atoms with E-state index in [0.717, 1.165) is 13.3 Å². The van der Waals surface area contributed by atoms with Crippen LogP contribution in [0.25, 0.3) is 0 Å². The van der Waals surface area contributed by atoms with Crippen molar-refractivity contribution in [3.63, 3.8) is 0 Å². The highest BCUT2D eigenvalue weighted by Gasteiger charge is 2.41. The third-order valence-corrected chi connectivity index (χ3v) is 7.38. The maximum absolute atomic E-state index is 13.6. The van der Waals surface area contributed by atoms with Crippen LogP contribution in [0.3, 0.4) is 0 Å². The highest BCUT2D eigenvalue weighted by molar-refractivity contribution is 7.91. The van der Waals surface area contributed by atoms with Gasteiger partial charge in [0.15, 0.2) is 5.69 Å². The summed E-state index contributed by atoms with van der Waals surface area (Å²) in [5.74, 6) is -1.65. The number of hydrogen-bond acceptors (Lipinski definition) is 9. The number of anilines is 1. The lowest BCUT2D eigenvalue weighted by atomic mass is 9.68. The van der Waals surface area contributed by atoms with Gasteiger partial charge in [0.05, 0.1) is 27.7 Å². The predicted octanol–water partition coefficient (Wildman–Crippen LogP) is 4.93. The molecule has 1 unspecified atom stereocenters. The molecule has 0 radical (unpaired) electrons. The number of nitrogens with one attached hydrogen (secondary N) is 2. The number of amides is 1. The number of ether oxygens (including phenoxy) is 1. The Hall–Kier alpha value is -4.12. The molecule has 1 atom stereocenters. The van der Waals surface area contributed by atoms with Crippen molar-refractivity contribution in [2.24, 2.45) is 0 Å². The first-order valence-electron chi connectivity index (χ1n) is 11.3. The first kappa shape index (κ1) is 26.9. The minimum Gasteiger partial charge on any atom is -0.416 e. The van der Waals surface area contributed by atoms with Gasteiger partial charge in [-0.25, -0.2) is 19.0 Å². The van der Waals surface area contributed by atoms with E-state index in [-0.39, 0.29) is 22.2 Å². The fourth-order valence-electron chi connectivity index (χ4n) is 3.97. The topological polar surface area (TPSA) is 155 Å². The van der Waals surface area contributed by atoms with Crippen LogP contribution in [0.1, 0.15) is 52.3 Å². The number of aryl methyl sites for hydroxylation is 1. The zero-order chi connectivity index (χ0) is 27.9. The summed E-state index contributed by atoms with van der Waals surface area (Å²) in [6.45, 7) is 2.61. The van der Waals surface area contributed by atoms with Gasteiger partial charge < -0.3 is 10.1 Å². The first-order valence-corrected chi connectivity index (χ1v) is 13.2. The number of carbonyl (C=O) groups excluding carboxylic acids is 1. The van der Waals surface area contributed by atoms with Crippen molar-refractivity contribution in [3.05, 3.63) is 58.7 Å². The van der Waals surface area contributed by atoms with E-state index in [1.165, 1.54) is 36.7 Å². The summed E-state index contributed by atoms with van der Waals surface area (Å²) in [6, 6.07) is 7.88. The number of nitriles is 1. The second kappa shape index (κ2) is 9.64. The van der Waals surface area contributed by atoms with Gasteiger partial charge in [-0.2, -0.15) is 18.4 Å². The smallest absolute Gasteiger partial charge is 0.416 e. The molecule has 1 aromatic carbocycles. The molecule has 1 saturated carbocycles. The minimum atomic E-state index is -4.89. The molecule has 1 amide bonds. The van der Waals surface area contributed by atoms with Crippen LogP contribution in [-0.4, -0.2) is 36.5 Å². The van der Waals surface area contributed by atoms with Gasteiger partial charge in [0.25, 0.3) is 11.8 Å². The van der Waals surface area contributed by atoms with E-state index in [4.69, 9.17) is 9.52 Å². The van der Waals surface area contributed by atoms with Crippen LogP contribution in [0.2, 0.25) is 0 Å². The summed E-state index contributed by atoms with van der Waals surface area (Å²) in [5, 5.41) is 18.8. The lowest BCUT2D eigenvalue weighted by Crippen LogP contribution is -2.33. The molecule has 2 N–H and O–H groups in total. The molecule has 4 rings (SSSR count). The van der Waals surface area contributed by atoms with Crippen LogP contribution in [0.5, 0.6) is 11.8 Å². The fourth-order valence-corrected chi connectivity index (χ4v) is 4.66. The summed E-state index contributed by atoms with van der Waals surface area (Å²) in [4.78, 5) is 21.9. The number of halogens is 3. The van der Waals surface area contributed by atoms with Crippen LogP contribution in [-0.2, 0) is 21.3 Å². The number of carbonyl (C=O) groups is 1. The normalized spacial score (nSPS) is 16.0. The standard InChI is InChI=1S/C24H22F3N7O3S/c1-13-18(20(35)32-15-6-4-7-16(10-15)38(3,29)36)22(34-33-19(13)24(25,26)27)37-21-14(2)31-17(11-30-21)23(12-28)8-5-9-23/h4,6-7,10-11,29H,5,8-9H2,1-3H3,(H,32,35). The number of aromatic nitrogens is 4. The van der Waals surface area contributed by atoms with Crippen molar-refractivity contribution < 1.29 is 26.9 Å². The molecule has 1 fully saturated rings. The van der Waals surface area contributed by atoms with Gasteiger partial charge in [-0.15, -0.1) is 10.2 Å². The predicted molar refractivity (Wildman–Crippen MR) is 129 cm³/mol. The van der Waals surface area contributed by atoms with E-state index >= 15 is 0 Å². The Morgan fingerprint density at radius 2 is 1.95 bits per heavy atom. The van der Waals surface area contributed by atoms with Gasteiger partial charge in [0.1, 0.15) is 16.7 Å². The Labute approximate surface area is 216 Å². The maximum Gasteiger partial charge on any atom is 0.435 e. The Morgan fingerprint density at radius 3 is 2.50 bits per heavy atom. The molecule has 38 heavy (non-hydrogen) atoms. The van der Waals surface area contributed by atoms with Crippen molar-refractivity contribution >= 4 is 21.3 Å². The second-order valence-corrected chi connectivity index (χ2v) is 11.1. The molecule has 2 aromatic heterocycles. The van der Waals surface area contributed by atoms with Crippen molar-refractivity contribution in [3.8, 4) is 17.8 Å². The summed E-state index contributed by atoms with van der Waals surface area (Å²) in [7, 11) is -3.11. The molecule has 0 bridgehead atoms. The molecule has 14 heteroatoms. The highest BCUT2D eigenvalue weighted by atomic mass is 32.2. The van der Waals surface area contributed by atoms with Gasteiger partial charge in [-0.1, -0.05) is 6.07 Å². The SMILES string of the molecule is Cc1nc(C2(C#N)CCC2)cnc1Oc1nnc(C(F)(F)F)c(C)c1C(=O)Nc1cccc(S(C)(=N)=O)c1. The van der Waals surface area contributed by atoms with Crippen molar-refractivity contribution in [1.29, 1.82) is 10.0 Å². The number of hydrogen-bond donors (Lipinski definition) is 2. The molecule has 10 nitrogen and oxygen atoms in total. The average Bonchev–Trinajstić information content (AvgIpc) is 2.79. The molecule has 0 aliphatic heterocycles. The van der Waals surface area contributed by atoms with Gasteiger partial charge in [0.2, 0.25) is 5.88 Å². The third-order valence-electron chi connectivity index (χ3n) is 6.23. The lowest BCUT2D eigenvalue weighted by Gasteiger charge is -2.34. The van der Waals surface area contributed by atoms with Crippen LogP contribution in [0, 0.1) is 30.0 Å². The van der Waals surface area contributed by atoms with Gasteiger partial charge >= 0.3 is 6.18 Å². The minimum absolute atomic E-state index is 0.104. The van der Waals surface area contributed by atoms with E-state index in [2.05, 4.69) is 31.6 Å². The third kappa shape index (κ3) is 5.14. The van der Waals surface area contributed by atoms with Crippen molar-refractivity contribution in [1.82, 2.24) is 20.2 Å². The molecular weight excluding hydrogens is 523 g/mol. The Bertz CT molecular complexity index is 1580. The molecule has 3 aromatic rings. The molecule has 198 valence electrons. The fraction of sp³-hybridized carbons (Fsp3) is 0.333. The summed E-state index contributed by atoms with van der Waals surface area (Å²) < 4.78 is 66.2. The molecule has 0 saturated heterocycles. The van der Waals surface area contributed by atoms with Crippen LogP contribution >= 0.6 is 0 Å². The number of benzene rings is 1. The van der Waals surface area contributed by atoms with Crippen molar-refractivity contribution in [2.75, 3.05) is 11.6 Å². The average molecular weight is 546 g/mol. The van der Waals surface area contributed by atoms with E-state index in [9.17, 15) is 27.4 Å². The largest absolute Gasteiger partial charge is 0.435 e. The number of nitrogens with zero attached hydrogens (tertiary/aromatic N) is 5. The van der Waals surface area contributed by atoms with Gasteiger partial charge in [-0.05, 0) is 56.9 Å². The molecule has 1 aliphatic carbocycles.